The molecule has 76 valence electrons. The molecule has 0 unspecified atom stereocenters. The third kappa shape index (κ3) is 2.53. The number of hydrogen-bond acceptors (Lipinski definition) is 4. The molecule has 5 nitrogen and oxygen atoms in total. The highest BCUT2D eigenvalue weighted by Gasteiger charge is 2.10. The van der Waals surface area contributed by atoms with Crippen molar-refractivity contribution in [2.45, 2.75) is 0 Å². The molecule has 0 atom stereocenters. The number of nitrogens with zero attached hydrogens (tertiary/aromatic N) is 3. The lowest BCUT2D eigenvalue weighted by molar-refractivity contribution is 0.0967. The first-order chi connectivity index (χ1) is 6.65. The first-order valence-electron chi connectivity index (χ1n) is 4.03. The molecule has 1 heterocycles. The van der Waals surface area contributed by atoms with Crippen molar-refractivity contribution in [2.24, 2.45) is 10.3 Å². The monoisotopic (exact) mass is 212 g/mol. The molecular weight excluding hydrogens is 200 g/mol. The second-order valence-corrected chi connectivity index (χ2v) is 3.67. The largest absolute Gasteiger partial charge is 0.354 e. The van der Waals surface area contributed by atoms with Gasteiger partial charge in [-0.25, -0.2) is 0 Å². The van der Waals surface area contributed by atoms with Gasteiger partial charge in [0.1, 0.15) is 10.6 Å². The molecule has 0 aromatic carbocycles. The maximum absolute atomic E-state index is 11.3. The minimum atomic E-state index is -0.132. The Balaban J connectivity index is 2.88. The summed E-state index contributed by atoms with van der Waals surface area (Å²) in [4.78, 5) is 11.9. The Morgan fingerprint density at radius 3 is 2.86 bits per heavy atom. The Labute approximate surface area is 86.4 Å². The van der Waals surface area contributed by atoms with E-state index >= 15 is 0 Å². The van der Waals surface area contributed by atoms with Crippen LogP contribution in [-0.4, -0.2) is 32.1 Å². The molecule has 0 bridgehead atoms. The van der Waals surface area contributed by atoms with Crippen LogP contribution in [0, 0.1) is 0 Å². The van der Waals surface area contributed by atoms with Gasteiger partial charge in [-0.2, -0.15) is 0 Å². The molecule has 1 aromatic rings. The van der Waals surface area contributed by atoms with Crippen molar-refractivity contribution < 1.29 is 4.79 Å². The molecule has 0 aliphatic carbocycles. The summed E-state index contributed by atoms with van der Waals surface area (Å²) in [7, 11) is 5.14. The summed E-state index contributed by atoms with van der Waals surface area (Å²) in [6.45, 7) is 0. The average Bonchev–Trinajstić information content (AvgIpc) is 2.61. The summed E-state index contributed by atoms with van der Waals surface area (Å²) < 4.78 is 0. The van der Waals surface area contributed by atoms with Gasteiger partial charge in [0.25, 0.3) is 5.91 Å². The third-order valence-electron chi connectivity index (χ3n) is 1.41. The van der Waals surface area contributed by atoms with E-state index in [1.807, 2.05) is 5.38 Å². The highest BCUT2D eigenvalue weighted by Crippen LogP contribution is 2.25. The van der Waals surface area contributed by atoms with E-state index in [-0.39, 0.29) is 5.91 Å². The van der Waals surface area contributed by atoms with Crippen LogP contribution in [0.5, 0.6) is 0 Å². The molecule has 1 rings (SSSR count). The molecule has 0 radical (unpaired) electrons. The number of rotatable bonds is 3. The summed E-state index contributed by atoms with van der Waals surface area (Å²) in [5.41, 5.74) is 0.600. The van der Waals surface area contributed by atoms with Gasteiger partial charge in [-0.3, -0.25) is 9.80 Å². The van der Waals surface area contributed by atoms with Gasteiger partial charge in [0.05, 0.1) is 0 Å². The van der Waals surface area contributed by atoms with Crippen molar-refractivity contribution in [1.82, 2.24) is 10.3 Å². The highest BCUT2D eigenvalue weighted by atomic mass is 32.1. The van der Waals surface area contributed by atoms with Crippen LogP contribution in [0.4, 0.5) is 5.69 Å². The Bertz CT molecular complexity index is 345. The van der Waals surface area contributed by atoms with E-state index in [2.05, 4.69) is 15.7 Å². The number of nitrogens with one attached hydrogen (secondary N) is 1. The van der Waals surface area contributed by atoms with Crippen LogP contribution in [0.15, 0.2) is 21.8 Å². The quantitative estimate of drug-likeness (QED) is 0.612. The van der Waals surface area contributed by atoms with Crippen molar-refractivity contribution >= 4 is 22.9 Å². The fraction of sp³-hybridized carbons (Fsp3) is 0.375. The number of carbonyl (C=O) groups excluding carboxylic acids is 1. The number of hydrogen-bond donors (Lipinski definition) is 1. The Hall–Kier alpha value is -1.43. The van der Waals surface area contributed by atoms with Crippen LogP contribution in [0.25, 0.3) is 0 Å². The summed E-state index contributed by atoms with van der Waals surface area (Å²) >= 11 is 1.35. The number of amides is 1. The highest BCUT2D eigenvalue weighted by molar-refractivity contribution is 7.12. The molecule has 14 heavy (non-hydrogen) atoms. The number of thiophene rings is 1. The molecule has 0 aliphatic rings. The Morgan fingerprint density at radius 2 is 2.29 bits per heavy atom. The van der Waals surface area contributed by atoms with Crippen LogP contribution in [0.2, 0.25) is 0 Å². The maximum atomic E-state index is 11.3. The topological polar surface area (TPSA) is 57.1 Å². The van der Waals surface area contributed by atoms with E-state index in [9.17, 15) is 4.79 Å². The third-order valence-corrected chi connectivity index (χ3v) is 2.31. The van der Waals surface area contributed by atoms with Crippen LogP contribution in [0.1, 0.15) is 9.67 Å². The summed E-state index contributed by atoms with van der Waals surface area (Å²) in [5.74, 6) is -0.132. The lowest BCUT2D eigenvalue weighted by Gasteiger charge is -2.00. The molecule has 1 amide bonds. The van der Waals surface area contributed by atoms with Crippen molar-refractivity contribution in [3.63, 3.8) is 0 Å². The summed E-state index contributed by atoms with van der Waals surface area (Å²) in [6.07, 6.45) is 0. The van der Waals surface area contributed by atoms with Crippen molar-refractivity contribution in [1.29, 1.82) is 0 Å². The van der Waals surface area contributed by atoms with Crippen molar-refractivity contribution in [3.05, 3.63) is 16.3 Å². The predicted octanol–water partition coefficient (Wildman–Crippen LogP) is 1.67. The van der Waals surface area contributed by atoms with Crippen LogP contribution in [-0.2, 0) is 0 Å². The van der Waals surface area contributed by atoms with Gasteiger partial charge < -0.3 is 5.32 Å². The maximum Gasteiger partial charge on any atom is 0.263 e. The van der Waals surface area contributed by atoms with E-state index < -0.39 is 0 Å². The Morgan fingerprint density at radius 1 is 1.57 bits per heavy atom. The van der Waals surface area contributed by atoms with E-state index in [1.165, 1.54) is 11.3 Å². The molecule has 1 aromatic heterocycles. The zero-order valence-electron chi connectivity index (χ0n) is 8.31. The second-order valence-electron chi connectivity index (χ2n) is 2.75. The lowest BCUT2D eigenvalue weighted by atomic mass is 10.4. The number of carbonyl (C=O) groups is 1. The normalized spacial score (nSPS) is 10.5. The standard InChI is InChI=1S/C8H12N4OS/c1-9-8(13)7-6(4-5-14-7)10-11-12(2)3/h4-5H,1-3H3,(H,9,13). The molecule has 0 fully saturated rings. The molecule has 1 N–H and O–H groups in total. The SMILES string of the molecule is CNC(=O)c1sccc1N=NN(C)C. The molecule has 0 spiro atoms. The first-order valence-corrected chi connectivity index (χ1v) is 4.91. The fourth-order valence-corrected chi connectivity index (χ4v) is 1.57. The average molecular weight is 212 g/mol. The lowest BCUT2D eigenvalue weighted by Crippen LogP contribution is -2.16. The van der Waals surface area contributed by atoms with Gasteiger partial charge in [0.2, 0.25) is 0 Å². The first kappa shape index (κ1) is 10.6. The second kappa shape index (κ2) is 4.71. The van der Waals surface area contributed by atoms with Crippen LogP contribution >= 0.6 is 11.3 Å². The zero-order valence-corrected chi connectivity index (χ0v) is 9.13. The van der Waals surface area contributed by atoms with E-state index in [1.54, 1.807) is 32.2 Å². The molecule has 0 saturated carbocycles. The summed E-state index contributed by atoms with van der Waals surface area (Å²) in [6, 6.07) is 1.77. The van der Waals surface area contributed by atoms with Crippen molar-refractivity contribution in [2.75, 3.05) is 21.1 Å². The van der Waals surface area contributed by atoms with Crippen LogP contribution in [0.3, 0.4) is 0 Å². The van der Waals surface area contributed by atoms with Gasteiger partial charge in [-0.1, -0.05) is 5.22 Å². The fourth-order valence-electron chi connectivity index (χ4n) is 0.802. The minimum absolute atomic E-state index is 0.132. The molecule has 6 heteroatoms. The van der Waals surface area contributed by atoms with E-state index in [0.717, 1.165) is 0 Å². The smallest absolute Gasteiger partial charge is 0.263 e. The van der Waals surface area contributed by atoms with Gasteiger partial charge in [0.15, 0.2) is 0 Å². The van der Waals surface area contributed by atoms with E-state index in [4.69, 9.17) is 0 Å². The predicted molar refractivity (Wildman–Crippen MR) is 55.9 cm³/mol. The van der Waals surface area contributed by atoms with Crippen LogP contribution < -0.4 is 5.32 Å². The van der Waals surface area contributed by atoms with E-state index in [0.29, 0.717) is 10.6 Å². The van der Waals surface area contributed by atoms with Gasteiger partial charge in [-0.15, -0.1) is 16.5 Å². The minimum Gasteiger partial charge on any atom is -0.354 e. The Kier molecular flexibility index (Phi) is 3.58. The van der Waals surface area contributed by atoms with Gasteiger partial charge in [-0.05, 0) is 11.4 Å². The summed E-state index contributed by atoms with van der Waals surface area (Å²) in [5, 5.41) is 13.7. The van der Waals surface area contributed by atoms with Gasteiger partial charge in [0, 0.05) is 21.1 Å². The molecular formula is C8H12N4OS. The van der Waals surface area contributed by atoms with Crippen molar-refractivity contribution in [3.8, 4) is 0 Å². The van der Waals surface area contributed by atoms with Gasteiger partial charge >= 0.3 is 0 Å². The molecule has 0 aliphatic heterocycles. The zero-order chi connectivity index (χ0) is 10.6. The molecule has 0 saturated heterocycles.